The van der Waals surface area contributed by atoms with Crippen LogP contribution in [0.15, 0.2) is 18.5 Å². The van der Waals surface area contributed by atoms with E-state index in [1.54, 1.807) is 0 Å². The first kappa shape index (κ1) is 10.3. The topological polar surface area (TPSA) is 74.1 Å². The number of carbonyl (C=O) groups is 2. The number of pyridine rings is 1. The molecule has 2 rings (SSSR count). The van der Waals surface area contributed by atoms with Crippen molar-refractivity contribution in [3.8, 4) is 6.07 Å². The second kappa shape index (κ2) is 3.14. The quantitative estimate of drug-likeness (QED) is 0.654. The zero-order chi connectivity index (χ0) is 11.9. The fraction of sp³-hybridized carbons (Fsp3) is 0.273. The molecule has 0 bridgehead atoms. The fourth-order valence-electron chi connectivity index (χ4n) is 1.64. The Bertz CT molecular complexity index is 493. The first-order valence-electron chi connectivity index (χ1n) is 4.73. The largest absolute Gasteiger partial charge is 0.269 e. The number of aromatic nitrogens is 1. The summed E-state index contributed by atoms with van der Waals surface area (Å²) < 4.78 is 0. The summed E-state index contributed by atoms with van der Waals surface area (Å²) >= 11 is 0. The summed E-state index contributed by atoms with van der Waals surface area (Å²) in [5.41, 5.74) is -0.577. The Morgan fingerprint density at radius 1 is 1.31 bits per heavy atom. The summed E-state index contributed by atoms with van der Waals surface area (Å²) in [5, 5.41) is 8.96. The Morgan fingerprint density at radius 3 is 2.50 bits per heavy atom. The minimum absolute atomic E-state index is 0.260. The van der Waals surface area contributed by atoms with Crippen LogP contribution in [0.1, 0.15) is 34.6 Å². The third-order valence-corrected chi connectivity index (χ3v) is 2.52. The van der Waals surface area contributed by atoms with E-state index in [1.165, 1.54) is 32.3 Å². The zero-order valence-corrected chi connectivity index (χ0v) is 8.89. The van der Waals surface area contributed by atoms with Crippen molar-refractivity contribution >= 4 is 11.8 Å². The number of carbonyl (C=O) groups excluding carboxylic acids is 2. The van der Waals surface area contributed by atoms with Crippen LogP contribution in [0.3, 0.4) is 0 Å². The van der Waals surface area contributed by atoms with Crippen molar-refractivity contribution in [2.24, 2.45) is 0 Å². The third kappa shape index (κ3) is 1.20. The molecule has 5 heteroatoms. The van der Waals surface area contributed by atoms with E-state index in [4.69, 9.17) is 5.26 Å². The molecule has 1 aromatic heterocycles. The van der Waals surface area contributed by atoms with E-state index in [9.17, 15) is 9.59 Å². The average Bonchev–Trinajstić information content (AvgIpc) is 2.53. The van der Waals surface area contributed by atoms with Crippen LogP contribution >= 0.6 is 0 Å². The Morgan fingerprint density at radius 2 is 1.94 bits per heavy atom. The van der Waals surface area contributed by atoms with Crippen molar-refractivity contribution in [3.05, 3.63) is 29.6 Å². The molecule has 0 fully saturated rings. The SMILES string of the molecule is CC(C)(C#N)N1C(=O)c2ccncc2C1=O. The number of rotatable bonds is 1. The number of nitriles is 1. The standard InChI is InChI=1S/C11H9N3O2/c1-11(2,6-12)14-9(15)7-3-4-13-5-8(7)10(14)16/h3-5H,1-2H3. The molecule has 0 unspecified atom stereocenters. The lowest BCUT2D eigenvalue weighted by Gasteiger charge is -2.26. The van der Waals surface area contributed by atoms with Gasteiger partial charge in [0.05, 0.1) is 17.2 Å². The molecule has 1 aromatic rings. The van der Waals surface area contributed by atoms with Crippen LogP contribution in [-0.4, -0.2) is 27.2 Å². The van der Waals surface area contributed by atoms with Gasteiger partial charge in [0, 0.05) is 12.4 Å². The van der Waals surface area contributed by atoms with E-state index in [2.05, 4.69) is 4.98 Å². The molecule has 5 nitrogen and oxygen atoms in total. The van der Waals surface area contributed by atoms with Crippen molar-refractivity contribution in [2.75, 3.05) is 0 Å². The van der Waals surface area contributed by atoms with E-state index >= 15 is 0 Å². The molecule has 1 aliphatic rings. The summed E-state index contributed by atoms with van der Waals surface area (Å²) in [4.78, 5) is 28.6. The van der Waals surface area contributed by atoms with Crippen LogP contribution in [0.25, 0.3) is 0 Å². The van der Waals surface area contributed by atoms with Gasteiger partial charge in [0.1, 0.15) is 5.54 Å². The van der Waals surface area contributed by atoms with Gasteiger partial charge in [0.25, 0.3) is 11.8 Å². The van der Waals surface area contributed by atoms with Crippen LogP contribution in [0.4, 0.5) is 0 Å². The van der Waals surface area contributed by atoms with Crippen molar-refractivity contribution in [1.82, 2.24) is 9.88 Å². The normalized spacial score (nSPS) is 14.9. The summed E-state index contributed by atoms with van der Waals surface area (Å²) in [6.07, 6.45) is 2.80. The molecular formula is C11H9N3O2. The lowest BCUT2D eigenvalue weighted by Crippen LogP contribution is -2.46. The number of nitrogens with zero attached hydrogens (tertiary/aromatic N) is 3. The van der Waals surface area contributed by atoms with Crippen LogP contribution in [0, 0.1) is 11.3 Å². The number of amides is 2. The van der Waals surface area contributed by atoms with E-state index < -0.39 is 17.4 Å². The highest BCUT2D eigenvalue weighted by molar-refractivity contribution is 6.21. The van der Waals surface area contributed by atoms with Gasteiger partial charge in [-0.05, 0) is 19.9 Å². The maximum absolute atomic E-state index is 11.9. The molecule has 0 atom stereocenters. The molecule has 80 valence electrons. The summed E-state index contributed by atoms with van der Waals surface area (Å²) in [6, 6.07) is 3.43. The minimum Gasteiger partial charge on any atom is -0.269 e. The van der Waals surface area contributed by atoms with Crippen molar-refractivity contribution in [1.29, 1.82) is 5.26 Å². The number of hydrogen-bond donors (Lipinski definition) is 0. The second-order valence-corrected chi connectivity index (χ2v) is 4.04. The van der Waals surface area contributed by atoms with Crippen molar-refractivity contribution in [3.63, 3.8) is 0 Å². The molecule has 0 saturated carbocycles. The first-order valence-corrected chi connectivity index (χ1v) is 4.73. The lowest BCUT2D eigenvalue weighted by atomic mass is 10.1. The Balaban J connectivity index is 2.56. The molecule has 0 aliphatic carbocycles. The van der Waals surface area contributed by atoms with Gasteiger partial charge in [-0.2, -0.15) is 5.26 Å². The van der Waals surface area contributed by atoms with Gasteiger partial charge in [0.2, 0.25) is 0 Å². The molecule has 16 heavy (non-hydrogen) atoms. The van der Waals surface area contributed by atoms with Crippen LogP contribution < -0.4 is 0 Å². The van der Waals surface area contributed by atoms with Crippen molar-refractivity contribution in [2.45, 2.75) is 19.4 Å². The monoisotopic (exact) mass is 215 g/mol. The highest BCUT2D eigenvalue weighted by Gasteiger charge is 2.44. The van der Waals surface area contributed by atoms with Gasteiger partial charge < -0.3 is 0 Å². The Hall–Kier alpha value is -2.22. The average molecular weight is 215 g/mol. The number of hydrogen-bond acceptors (Lipinski definition) is 4. The van der Waals surface area contributed by atoms with Crippen LogP contribution in [0.5, 0.6) is 0 Å². The van der Waals surface area contributed by atoms with Crippen molar-refractivity contribution < 1.29 is 9.59 Å². The van der Waals surface area contributed by atoms with Gasteiger partial charge in [-0.1, -0.05) is 0 Å². The van der Waals surface area contributed by atoms with Gasteiger partial charge in [-0.3, -0.25) is 19.5 Å². The second-order valence-electron chi connectivity index (χ2n) is 4.04. The fourth-order valence-corrected chi connectivity index (χ4v) is 1.64. The molecule has 0 aromatic carbocycles. The maximum atomic E-state index is 11.9. The number of fused-ring (bicyclic) bond motifs is 1. The van der Waals surface area contributed by atoms with Crippen LogP contribution in [-0.2, 0) is 0 Å². The number of imide groups is 1. The molecule has 2 amide bonds. The molecule has 2 heterocycles. The minimum atomic E-state index is -1.15. The molecule has 0 spiro atoms. The van der Waals surface area contributed by atoms with E-state index in [0.717, 1.165) is 4.90 Å². The van der Waals surface area contributed by atoms with E-state index in [1.807, 2.05) is 6.07 Å². The van der Waals surface area contributed by atoms with Gasteiger partial charge in [-0.15, -0.1) is 0 Å². The van der Waals surface area contributed by atoms with Crippen LogP contribution in [0.2, 0.25) is 0 Å². The zero-order valence-electron chi connectivity index (χ0n) is 8.89. The van der Waals surface area contributed by atoms with Gasteiger partial charge in [0.15, 0.2) is 0 Å². The van der Waals surface area contributed by atoms with Gasteiger partial charge in [-0.25, -0.2) is 0 Å². The molecule has 0 N–H and O–H groups in total. The highest BCUT2D eigenvalue weighted by atomic mass is 16.2. The third-order valence-electron chi connectivity index (χ3n) is 2.52. The first-order chi connectivity index (χ1) is 7.49. The predicted molar refractivity (Wildman–Crippen MR) is 54.4 cm³/mol. The maximum Gasteiger partial charge on any atom is 0.264 e. The summed E-state index contributed by atoms with van der Waals surface area (Å²) in [7, 11) is 0. The van der Waals surface area contributed by atoms with E-state index in [-0.39, 0.29) is 5.56 Å². The summed E-state index contributed by atoms with van der Waals surface area (Å²) in [5.74, 6) is -0.895. The Kier molecular flexibility index (Phi) is 2.02. The lowest BCUT2D eigenvalue weighted by molar-refractivity contribution is 0.0549. The van der Waals surface area contributed by atoms with E-state index in [0.29, 0.717) is 5.56 Å². The highest BCUT2D eigenvalue weighted by Crippen LogP contribution is 2.28. The molecular weight excluding hydrogens is 206 g/mol. The predicted octanol–water partition coefficient (Wildman–Crippen LogP) is 0.980. The molecule has 0 radical (unpaired) electrons. The summed E-state index contributed by atoms with van der Waals surface area (Å²) in [6.45, 7) is 3.06. The Labute approximate surface area is 92.3 Å². The molecule has 0 saturated heterocycles. The van der Waals surface area contributed by atoms with Gasteiger partial charge >= 0.3 is 0 Å². The molecule has 1 aliphatic heterocycles. The smallest absolute Gasteiger partial charge is 0.264 e.